The molecule has 11 aromatic carbocycles. The van der Waals surface area contributed by atoms with Gasteiger partial charge in [-0.15, -0.1) is 0 Å². The minimum absolute atomic E-state index is 1.13. The SMILES string of the molecule is c1ccc(-c2ccc3c4ccccc4n(-c4ccc5c6ccccc6n(-c6ccc7c(c6)c6ccccc6n7-c6ccc([Si](c7ccccc7)(c7ccccc7)c7ccccc7)cc6)c5c4)c3c2)cc1. The third kappa shape index (κ3) is 6.07. The zero-order valence-corrected chi connectivity index (χ0v) is 39.3. The van der Waals surface area contributed by atoms with Crippen molar-refractivity contribution in [1.29, 1.82) is 0 Å². The summed E-state index contributed by atoms with van der Waals surface area (Å²) in [5, 5.41) is 12.9. The first-order valence-electron chi connectivity index (χ1n) is 24.2. The third-order valence-corrected chi connectivity index (χ3v) is 19.6. The molecule has 0 N–H and O–H groups in total. The number of hydrogen-bond donors (Lipinski definition) is 0. The van der Waals surface area contributed by atoms with Gasteiger partial charge in [-0.2, -0.15) is 0 Å². The standard InChI is InChI=1S/C66H45N3Si/c1-5-19-46(20-6-1)47-33-40-58-55-27-13-17-31-62(55)69(65(58)43-47)50-36-41-59-56-28-14-16-30-61(56)68(66(59)45-50)49-37-42-64-60(44-49)57-29-15-18-32-63(57)67(64)48-34-38-54(39-35-48)70(51-21-7-2-8-22-51,52-23-9-3-10-24-52)53-25-11-4-12-26-53/h1-45H. The summed E-state index contributed by atoms with van der Waals surface area (Å²) in [6.07, 6.45) is 0. The smallest absolute Gasteiger partial charge is 0.179 e. The van der Waals surface area contributed by atoms with Gasteiger partial charge in [-0.1, -0.05) is 206 Å². The van der Waals surface area contributed by atoms with Crippen LogP contribution < -0.4 is 20.7 Å². The number of rotatable bonds is 8. The van der Waals surface area contributed by atoms with Gasteiger partial charge in [0, 0.05) is 49.4 Å². The van der Waals surface area contributed by atoms with E-state index in [9.17, 15) is 0 Å². The molecule has 14 rings (SSSR count). The highest BCUT2D eigenvalue weighted by molar-refractivity contribution is 7.19. The van der Waals surface area contributed by atoms with Crippen LogP contribution >= 0.6 is 0 Å². The first-order chi connectivity index (χ1) is 34.7. The Morgan fingerprint density at radius 3 is 1.10 bits per heavy atom. The Kier molecular flexibility index (Phi) is 9.23. The van der Waals surface area contributed by atoms with Gasteiger partial charge in [-0.3, -0.25) is 0 Å². The summed E-state index contributed by atoms with van der Waals surface area (Å²) in [4.78, 5) is 0. The Bertz CT molecular complexity index is 4170. The highest BCUT2D eigenvalue weighted by atomic mass is 28.3. The van der Waals surface area contributed by atoms with Gasteiger partial charge < -0.3 is 13.7 Å². The third-order valence-electron chi connectivity index (χ3n) is 14.8. The topological polar surface area (TPSA) is 14.8 Å². The highest BCUT2D eigenvalue weighted by Crippen LogP contribution is 2.40. The summed E-state index contributed by atoms with van der Waals surface area (Å²) in [7, 11) is -2.68. The van der Waals surface area contributed by atoms with E-state index in [1.165, 1.54) is 97.3 Å². The van der Waals surface area contributed by atoms with Crippen LogP contribution in [0.1, 0.15) is 0 Å². The molecule has 14 aromatic rings. The molecule has 0 aliphatic heterocycles. The van der Waals surface area contributed by atoms with Crippen molar-refractivity contribution in [2.45, 2.75) is 0 Å². The van der Waals surface area contributed by atoms with Crippen LogP contribution in [0.3, 0.4) is 0 Å². The molecule has 0 fully saturated rings. The fourth-order valence-electron chi connectivity index (χ4n) is 11.7. The molecule has 0 unspecified atom stereocenters. The van der Waals surface area contributed by atoms with Crippen LogP contribution in [0.25, 0.3) is 93.6 Å². The van der Waals surface area contributed by atoms with Crippen LogP contribution in [0.5, 0.6) is 0 Å². The van der Waals surface area contributed by atoms with Gasteiger partial charge >= 0.3 is 0 Å². The van der Waals surface area contributed by atoms with Crippen LogP contribution in [-0.4, -0.2) is 21.8 Å². The van der Waals surface area contributed by atoms with E-state index in [2.05, 4.69) is 287 Å². The first kappa shape index (κ1) is 40.1. The van der Waals surface area contributed by atoms with Gasteiger partial charge in [0.05, 0.1) is 33.1 Å². The van der Waals surface area contributed by atoms with Crippen LogP contribution in [0.15, 0.2) is 273 Å². The Hall–Kier alpha value is -8.96. The van der Waals surface area contributed by atoms with Crippen molar-refractivity contribution < 1.29 is 0 Å². The van der Waals surface area contributed by atoms with Crippen LogP contribution in [-0.2, 0) is 0 Å². The zero-order valence-electron chi connectivity index (χ0n) is 38.3. The summed E-state index contributed by atoms with van der Waals surface area (Å²) in [6, 6.07) is 101. The largest absolute Gasteiger partial charge is 0.309 e. The zero-order chi connectivity index (χ0) is 46.2. The molecule has 0 atom stereocenters. The second kappa shape index (κ2) is 16.1. The van der Waals surface area contributed by atoms with Gasteiger partial charge in [0.25, 0.3) is 0 Å². The van der Waals surface area contributed by atoms with Crippen molar-refractivity contribution in [3.63, 3.8) is 0 Å². The van der Waals surface area contributed by atoms with E-state index in [-0.39, 0.29) is 0 Å². The molecule has 3 aromatic heterocycles. The summed E-state index contributed by atoms with van der Waals surface area (Å²) >= 11 is 0. The van der Waals surface area contributed by atoms with Crippen molar-refractivity contribution in [2.24, 2.45) is 0 Å². The summed E-state index contributed by atoms with van der Waals surface area (Å²) < 4.78 is 7.37. The predicted molar refractivity (Wildman–Crippen MR) is 299 cm³/mol. The van der Waals surface area contributed by atoms with Crippen LogP contribution in [0, 0.1) is 0 Å². The Balaban J connectivity index is 0.943. The molecule has 3 heterocycles. The lowest BCUT2D eigenvalue weighted by Gasteiger charge is -2.34. The molecule has 3 nitrogen and oxygen atoms in total. The number of aromatic nitrogens is 3. The molecule has 4 heteroatoms. The predicted octanol–water partition coefficient (Wildman–Crippen LogP) is 14.0. The van der Waals surface area contributed by atoms with Gasteiger partial charge in [-0.05, 0) is 98.6 Å². The number of fused-ring (bicyclic) bond motifs is 9. The molecule has 0 spiro atoms. The van der Waals surface area contributed by atoms with Crippen molar-refractivity contribution in [1.82, 2.24) is 13.7 Å². The average Bonchev–Trinajstić information content (AvgIpc) is 4.07. The lowest BCUT2D eigenvalue weighted by atomic mass is 10.0. The van der Waals surface area contributed by atoms with E-state index in [1.807, 2.05) is 0 Å². The maximum Gasteiger partial charge on any atom is 0.179 e. The maximum atomic E-state index is 2.47. The van der Waals surface area contributed by atoms with E-state index >= 15 is 0 Å². The lowest BCUT2D eigenvalue weighted by molar-refractivity contribution is 1.15. The molecule has 0 saturated carbocycles. The summed E-state index contributed by atoms with van der Waals surface area (Å²) in [6.45, 7) is 0. The van der Waals surface area contributed by atoms with Crippen molar-refractivity contribution in [3.8, 4) is 28.2 Å². The normalized spacial score (nSPS) is 12.0. The van der Waals surface area contributed by atoms with Crippen LogP contribution in [0.2, 0.25) is 0 Å². The lowest BCUT2D eigenvalue weighted by Crippen LogP contribution is -2.74. The molecule has 328 valence electrons. The van der Waals surface area contributed by atoms with Gasteiger partial charge in [0.2, 0.25) is 0 Å². The average molecular weight is 908 g/mol. The minimum Gasteiger partial charge on any atom is -0.309 e. The Labute approximate surface area is 407 Å². The van der Waals surface area contributed by atoms with E-state index in [1.54, 1.807) is 0 Å². The van der Waals surface area contributed by atoms with E-state index in [0.717, 1.165) is 17.1 Å². The number of hydrogen-bond acceptors (Lipinski definition) is 0. The summed E-state index contributed by atoms with van der Waals surface area (Å²) in [5.74, 6) is 0. The van der Waals surface area contributed by atoms with Gasteiger partial charge in [0.15, 0.2) is 8.07 Å². The first-order valence-corrected chi connectivity index (χ1v) is 26.2. The summed E-state index contributed by atoms with van der Waals surface area (Å²) in [5.41, 5.74) is 12.9. The molecule has 0 radical (unpaired) electrons. The van der Waals surface area contributed by atoms with Crippen molar-refractivity contribution >= 4 is 94.2 Å². The molecular formula is C66H45N3Si. The number of para-hydroxylation sites is 3. The Morgan fingerprint density at radius 2 is 0.557 bits per heavy atom. The number of benzene rings is 11. The quantitative estimate of drug-likeness (QED) is 0.107. The van der Waals surface area contributed by atoms with Crippen molar-refractivity contribution in [3.05, 3.63) is 273 Å². The number of nitrogens with zero attached hydrogens (tertiary/aromatic N) is 3. The van der Waals surface area contributed by atoms with E-state index in [0.29, 0.717) is 0 Å². The molecule has 0 aliphatic rings. The highest BCUT2D eigenvalue weighted by Gasteiger charge is 2.41. The second-order valence-corrected chi connectivity index (χ2v) is 22.3. The van der Waals surface area contributed by atoms with Gasteiger partial charge in [0.1, 0.15) is 0 Å². The maximum absolute atomic E-state index is 2.68. The molecule has 0 amide bonds. The second-order valence-electron chi connectivity index (χ2n) is 18.5. The molecule has 0 bridgehead atoms. The van der Waals surface area contributed by atoms with Gasteiger partial charge in [-0.25, -0.2) is 0 Å². The van der Waals surface area contributed by atoms with E-state index < -0.39 is 8.07 Å². The molecule has 0 saturated heterocycles. The molecular weight excluding hydrogens is 863 g/mol. The molecule has 70 heavy (non-hydrogen) atoms. The molecule has 0 aliphatic carbocycles. The van der Waals surface area contributed by atoms with Crippen LogP contribution in [0.4, 0.5) is 0 Å². The monoisotopic (exact) mass is 907 g/mol. The Morgan fingerprint density at radius 1 is 0.200 bits per heavy atom. The fraction of sp³-hybridized carbons (Fsp3) is 0. The fourth-order valence-corrected chi connectivity index (χ4v) is 16.5. The van der Waals surface area contributed by atoms with E-state index in [4.69, 9.17) is 0 Å². The minimum atomic E-state index is -2.68. The van der Waals surface area contributed by atoms with Crippen molar-refractivity contribution in [2.75, 3.05) is 0 Å².